The van der Waals surface area contributed by atoms with Gasteiger partial charge < -0.3 is 15.6 Å². The van der Waals surface area contributed by atoms with Gasteiger partial charge >= 0.3 is 11.9 Å². The summed E-state index contributed by atoms with van der Waals surface area (Å²) in [5, 5.41) is 8.66. The number of hydrogen-bond donors (Lipinski definition) is 2. The quantitative estimate of drug-likeness (QED) is 0.693. The molecule has 0 aliphatic carbocycles. The third-order valence-electron chi connectivity index (χ3n) is 2.12. The van der Waals surface area contributed by atoms with Crippen molar-refractivity contribution in [2.24, 2.45) is 11.7 Å². The lowest BCUT2D eigenvalue weighted by Gasteiger charge is -2.20. The average Bonchev–Trinajstić information content (AvgIpc) is 2.09. The lowest BCUT2D eigenvalue weighted by Crippen LogP contribution is -2.37. The highest BCUT2D eigenvalue weighted by atomic mass is 16.6. The van der Waals surface area contributed by atoms with Gasteiger partial charge in [-0.2, -0.15) is 0 Å². The van der Waals surface area contributed by atoms with Crippen molar-refractivity contribution in [2.45, 2.75) is 52.2 Å². The van der Waals surface area contributed by atoms with Gasteiger partial charge in [0.2, 0.25) is 0 Å². The Kier molecular flexibility index (Phi) is 5.44. The fraction of sp³-hybridized carbons (Fsp3) is 0.818. The number of carbonyl (C=O) groups is 2. The fourth-order valence-electron chi connectivity index (χ4n) is 1.16. The molecule has 0 aromatic carbocycles. The Balaban J connectivity index is 3.97. The van der Waals surface area contributed by atoms with E-state index in [2.05, 4.69) is 0 Å². The van der Waals surface area contributed by atoms with Gasteiger partial charge in [0.05, 0.1) is 0 Å². The molecule has 0 aliphatic heterocycles. The first-order chi connectivity index (χ1) is 7.13. The van der Waals surface area contributed by atoms with E-state index in [1.165, 1.54) is 0 Å². The smallest absolute Gasteiger partial charge is 0.320 e. The maximum Gasteiger partial charge on any atom is 0.320 e. The summed E-state index contributed by atoms with van der Waals surface area (Å²) in [6.07, 6.45) is 0.613. The maximum atomic E-state index is 11.3. The van der Waals surface area contributed by atoms with Crippen LogP contribution in [0.1, 0.15) is 40.5 Å². The molecular formula is C11H21NO4. The van der Waals surface area contributed by atoms with E-state index in [0.29, 0.717) is 6.42 Å². The molecule has 0 bridgehead atoms. The normalized spacial score (nSPS) is 15.3. The van der Waals surface area contributed by atoms with E-state index >= 15 is 0 Å². The molecule has 0 saturated carbocycles. The molecule has 0 aromatic rings. The van der Waals surface area contributed by atoms with E-state index in [0.717, 1.165) is 0 Å². The third kappa shape index (κ3) is 6.40. The highest BCUT2D eigenvalue weighted by Gasteiger charge is 2.22. The first kappa shape index (κ1) is 14.9. The Morgan fingerprint density at radius 1 is 1.38 bits per heavy atom. The number of carboxylic acid groups (broad SMARTS) is 1. The SMILES string of the molecule is C[C@@H](CCC(=O)OC(C)(C)C)[C@H](N)C(=O)O. The van der Waals surface area contributed by atoms with Crippen molar-refractivity contribution in [2.75, 3.05) is 0 Å². The lowest BCUT2D eigenvalue weighted by molar-refractivity contribution is -0.155. The molecule has 0 saturated heterocycles. The Bertz CT molecular complexity index is 257. The van der Waals surface area contributed by atoms with E-state index in [4.69, 9.17) is 15.6 Å². The standard InChI is InChI=1S/C11H21NO4/c1-7(9(12)10(14)15)5-6-8(13)16-11(2,3)4/h7,9H,5-6,12H2,1-4H3,(H,14,15)/t7-,9-/m0/s1. The van der Waals surface area contributed by atoms with Gasteiger partial charge in [-0.15, -0.1) is 0 Å². The van der Waals surface area contributed by atoms with Crippen LogP contribution in [0.15, 0.2) is 0 Å². The molecule has 0 fully saturated rings. The van der Waals surface area contributed by atoms with Crippen molar-refractivity contribution in [1.29, 1.82) is 0 Å². The summed E-state index contributed by atoms with van der Waals surface area (Å²) in [6, 6.07) is -0.928. The van der Waals surface area contributed by atoms with Crippen LogP contribution in [-0.4, -0.2) is 28.7 Å². The Morgan fingerprint density at radius 3 is 2.25 bits per heavy atom. The van der Waals surface area contributed by atoms with E-state index in [1.54, 1.807) is 27.7 Å². The third-order valence-corrected chi connectivity index (χ3v) is 2.12. The first-order valence-electron chi connectivity index (χ1n) is 5.33. The predicted molar refractivity (Wildman–Crippen MR) is 59.9 cm³/mol. The summed E-state index contributed by atoms with van der Waals surface area (Å²) in [5.41, 5.74) is 4.92. The molecule has 0 rings (SSSR count). The second-order valence-corrected chi connectivity index (χ2v) is 4.97. The minimum absolute atomic E-state index is 0.194. The lowest BCUT2D eigenvalue weighted by atomic mass is 9.97. The first-order valence-corrected chi connectivity index (χ1v) is 5.33. The molecule has 0 aliphatic rings. The van der Waals surface area contributed by atoms with Gasteiger partial charge in [0, 0.05) is 6.42 Å². The van der Waals surface area contributed by atoms with Crippen molar-refractivity contribution < 1.29 is 19.4 Å². The molecule has 0 radical (unpaired) electrons. The number of esters is 1. The number of rotatable bonds is 5. The minimum Gasteiger partial charge on any atom is -0.480 e. The zero-order chi connectivity index (χ0) is 12.9. The molecule has 0 spiro atoms. The largest absolute Gasteiger partial charge is 0.480 e. The highest BCUT2D eigenvalue weighted by Crippen LogP contribution is 2.13. The summed E-state index contributed by atoms with van der Waals surface area (Å²) in [6.45, 7) is 7.08. The van der Waals surface area contributed by atoms with Gasteiger partial charge in [0.15, 0.2) is 0 Å². The van der Waals surface area contributed by atoms with Gasteiger partial charge in [-0.05, 0) is 33.1 Å². The number of ether oxygens (including phenoxy) is 1. The van der Waals surface area contributed by atoms with Crippen molar-refractivity contribution >= 4 is 11.9 Å². The number of carboxylic acids is 1. The van der Waals surface area contributed by atoms with Crippen LogP contribution in [0.5, 0.6) is 0 Å². The number of aliphatic carboxylic acids is 1. The predicted octanol–water partition coefficient (Wildman–Crippen LogP) is 1.16. The minimum atomic E-state index is -1.04. The maximum absolute atomic E-state index is 11.3. The van der Waals surface area contributed by atoms with Crippen LogP contribution in [0.4, 0.5) is 0 Å². The average molecular weight is 231 g/mol. The zero-order valence-corrected chi connectivity index (χ0v) is 10.3. The number of nitrogens with two attached hydrogens (primary N) is 1. The van der Waals surface area contributed by atoms with Crippen LogP contribution in [-0.2, 0) is 14.3 Å². The second kappa shape index (κ2) is 5.84. The van der Waals surface area contributed by atoms with Crippen molar-refractivity contribution in [3.8, 4) is 0 Å². The van der Waals surface area contributed by atoms with Crippen LogP contribution >= 0.6 is 0 Å². The molecule has 0 aromatic heterocycles. The van der Waals surface area contributed by atoms with Crippen LogP contribution in [0.3, 0.4) is 0 Å². The van der Waals surface area contributed by atoms with Crippen LogP contribution < -0.4 is 5.73 Å². The molecule has 3 N–H and O–H groups in total. The van der Waals surface area contributed by atoms with E-state index in [1.807, 2.05) is 0 Å². The Labute approximate surface area is 96.0 Å². The summed E-state index contributed by atoms with van der Waals surface area (Å²) in [5.74, 6) is -1.61. The van der Waals surface area contributed by atoms with Crippen LogP contribution in [0, 0.1) is 5.92 Å². The molecule has 0 unspecified atom stereocenters. The molecule has 2 atom stereocenters. The van der Waals surface area contributed by atoms with Crippen molar-refractivity contribution in [1.82, 2.24) is 0 Å². The molecule has 94 valence electrons. The Morgan fingerprint density at radius 2 is 1.88 bits per heavy atom. The van der Waals surface area contributed by atoms with Gasteiger partial charge in [0.1, 0.15) is 11.6 Å². The Hall–Kier alpha value is -1.10. The molecule has 16 heavy (non-hydrogen) atoms. The zero-order valence-electron chi connectivity index (χ0n) is 10.3. The molecule has 5 heteroatoms. The van der Waals surface area contributed by atoms with Crippen LogP contribution in [0.25, 0.3) is 0 Å². The van der Waals surface area contributed by atoms with Crippen molar-refractivity contribution in [3.05, 3.63) is 0 Å². The number of carbonyl (C=O) groups excluding carboxylic acids is 1. The van der Waals surface area contributed by atoms with Crippen molar-refractivity contribution in [3.63, 3.8) is 0 Å². The molecular weight excluding hydrogens is 210 g/mol. The summed E-state index contributed by atoms with van der Waals surface area (Å²) >= 11 is 0. The van der Waals surface area contributed by atoms with Gasteiger partial charge in [-0.1, -0.05) is 6.92 Å². The highest BCUT2D eigenvalue weighted by molar-refractivity contribution is 5.74. The van der Waals surface area contributed by atoms with Crippen LogP contribution in [0.2, 0.25) is 0 Å². The summed E-state index contributed by atoms with van der Waals surface area (Å²) in [4.78, 5) is 21.9. The second-order valence-electron chi connectivity index (χ2n) is 4.97. The van der Waals surface area contributed by atoms with Gasteiger partial charge in [0.25, 0.3) is 0 Å². The van der Waals surface area contributed by atoms with Gasteiger partial charge in [-0.3, -0.25) is 9.59 Å². The van der Waals surface area contributed by atoms with Gasteiger partial charge in [-0.25, -0.2) is 0 Å². The number of hydrogen-bond acceptors (Lipinski definition) is 4. The topological polar surface area (TPSA) is 89.6 Å². The van der Waals surface area contributed by atoms with E-state index in [-0.39, 0.29) is 18.3 Å². The molecule has 0 heterocycles. The molecule has 0 amide bonds. The fourth-order valence-corrected chi connectivity index (χ4v) is 1.16. The van der Waals surface area contributed by atoms with E-state index in [9.17, 15) is 9.59 Å². The molecule has 5 nitrogen and oxygen atoms in total. The summed E-state index contributed by atoms with van der Waals surface area (Å²) < 4.78 is 5.10. The summed E-state index contributed by atoms with van der Waals surface area (Å²) in [7, 11) is 0. The van der Waals surface area contributed by atoms with E-state index < -0.39 is 17.6 Å². The monoisotopic (exact) mass is 231 g/mol.